The molecule has 1 aromatic carbocycles. The molecule has 110 valence electrons. The second kappa shape index (κ2) is 6.54. The van der Waals surface area contributed by atoms with Gasteiger partial charge in [-0.05, 0) is 49.4 Å². The molecule has 4 nitrogen and oxygen atoms in total. The Labute approximate surface area is 128 Å². The van der Waals surface area contributed by atoms with Crippen LogP contribution in [0.4, 0.5) is 5.69 Å². The number of rotatable bonds is 4. The topological polar surface area (TPSA) is 58.2 Å². The van der Waals surface area contributed by atoms with E-state index < -0.39 is 6.04 Å². The van der Waals surface area contributed by atoms with Gasteiger partial charge in [-0.25, -0.2) is 0 Å². The fourth-order valence-electron chi connectivity index (χ4n) is 1.85. The van der Waals surface area contributed by atoms with Gasteiger partial charge >= 0.3 is 0 Å². The highest BCUT2D eigenvalue weighted by atomic mass is 32.1. The Morgan fingerprint density at radius 3 is 2.62 bits per heavy atom. The fourth-order valence-corrected chi connectivity index (χ4v) is 2.48. The number of benzene rings is 1. The van der Waals surface area contributed by atoms with Gasteiger partial charge in [0, 0.05) is 5.69 Å². The molecule has 2 aromatic rings. The monoisotopic (exact) mass is 302 g/mol. The van der Waals surface area contributed by atoms with Gasteiger partial charge in [0.1, 0.15) is 6.04 Å². The molecule has 2 rings (SSSR count). The van der Waals surface area contributed by atoms with Crippen LogP contribution in [0.15, 0.2) is 35.7 Å². The Morgan fingerprint density at radius 1 is 1.19 bits per heavy atom. The van der Waals surface area contributed by atoms with Gasteiger partial charge in [-0.3, -0.25) is 9.59 Å². The van der Waals surface area contributed by atoms with Gasteiger partial charge in [0.25, 0.3) is 5.91 Å². The third-order valence-electron chi connectivity index (χ3n) is 3.14. The summed E-state index contributed by atoms with van der Waals surface area (Å²) >= 11 is 1.35. The third kappa shape index (κ3) is 3.92. The molecule has 0 aliphatic rings. The maximum atomic E-state index is 12.2. The molecule has 1 aromatic heterocycles. The van der Waals surface area contributed by atoms with Gasteiger partial charge in [0.15, 0.2) is 0 Å². The van der Waals surface area contributed by atoms with Crippen molar-refractivity contribution < 1.29 is 9.59 Å². The number of hydrogen-bond donors (Lipinski definition) is 2. The van der Waals surface area contributed by atoms with Gasteiger partial charge in [-0.1, -0.05) is 18.2 Å². The number of anilines is 1. The van der Waals surface area contributed by atoms with Gasteiger partial charge < -0.3 is 10.6 Å². The number of nitrogens with one attached hydrogen (secondary N) is 2. The molecule has 0 bridgehead atoms. The summed E-state index contributed by atoms with van der Waals surface area (Å²) in [5, 5.41) is 7.38. The first-order valence-corrected chi connectivity index (χ1v) is 7.58. The average molecular weight is 302 g/mol. The van der Waals surface area contributed by atoms with Crippen LogP contribution in [-0.2, 0) is 4.79 Å². The summed E-state index contributed by atoms with van der Waals surface area (Å²) in [7, 11) is 0. The van der Waals surface area contributed by atoms with E-state index in [1.807, 2.05) is 37.4 Å². The summed E-state index contributed by atoms with van der Waals surface area (Å²) in [6.45, 7) is 5.58. The number of carbonyl (C=O) groups excluding carboxylic acids is 2. The highest BCUT2D eigenvalue weighted by Crippen LogP contribution is 2.16. The quantitative estimate of drug-likeness (QED) is 0.911. The van der Waals surface area contributed by atoms with Gasteiger partial charge in [-0.15, -0.1) is 11.3 Å². The second-order valence-corrected chi connectivity index (χ2v) is 5.93. The summed E-state index contributed by atoms with van der Waals surface area (Å²) in [6.07, 6.45) is 0. The second-order valence-electron chi connectivity index (χ2n) is 4.98. The minimum absolute atomic E-state index is 0.228. The summed E-state index contributed by atoms with van der Waals surface area (Å²) < 4.78 is 0. The lowest BCUT2D eigenvalue weighted by Crippen LogP contribution is -2.41. The predicted octanol–water partition coefficient (Wildman–Crippen LogP) is 3.12. The third-order valence-corrected chi connectivity index (χ3v) is 4.01. The first-order chi connectivity index (χ1) is 9.97. The highest BCUT2D eigenvalue weighted by Gasteiger charge is 2.17. The Hall–Kier alpha value is -2.14. The molecule has 2 N–H and O–H groups in total. The lowest BCUT2D eigenvalue weighted by molar-refractivity contribution is -0.117. The van der Waals surface area contributed by atoms with Crippen molar-refractivity contribution in [2.75, 3.05) is 5.32 Å². The van der Waals surface area contributed by atoms with Crippen LogP contribution in [0.25, 0.3) is 0 Å². The molecule has 1 heterocycles. The van der Waals surface area contributed by atoms with Crippen molar-refractivity contribution in [2.45, 2.75) is 26.8 Å². The largest absolute Gasteiger partial charge is 0.340 e. The Balaban J connectivity index is 1.99. The fraction of sp³-hybridized carbons (Fsp3) is 0.250. The first-order valence-electron chi connectivity index (χ1n) is 6.70. The smallest absolute Gasteiger partial charge is 0.261 e. The highest BCUT2D eigenvalue weighted by molar-refractivity contribution is 7.12. The van der Waals surface area contributed by atoms with E-state index in [9.17, 15) is 9.59 Å². The molecule has 1 atom stereocenters. The van der Waals surface area contributed by atoms with Crippen molar-refractivity contribution in [3.05, 3.63) is 51.7 Å². The van der Waals surface area contributed by atoms with Crippen molar-refractivity contribution in [1.82, 2.24) is 5.32 Å². The number of aryl methyl sites for hydroxylation is 2. The van der Waals surface area contributed by atoms with Crippen LogP contribution >= 0.6 is 11.3 Å². The predicted molar refractivity (Wildman–Crippen MR) is 85.8 cm³/mol. The number of amides is 2. The van der Waals surface area contributed by atoms with Crippen molar-refractivity contribution in [2.24, 2.45) is 0 Å². The van der Waals surface area contributed by atoms with Crippen molar-refractivity contribution in [3.8, 4) is 0 Å². The standard InChI is InChI=1S/C16H18N2O2S/c1-10-6-7-11(2)13(9-10)18-15(19)12(3)17-16(20)14-5-4-8-21-14/h4-9,12H,1-3H3,(H,17,20)(H,18,19)/t12-/m1/s1. The van der Waals surface area contributed by atoms with Crippen LogP contribution < -0.4 is 10.6 Å². The lowest BCUT2D eigenvalue weighted by Gasteiger charge is -2.15. The van der Waals surface area contributed by atoms with Gasteiger partial charge in [-0.2, -0.15) is 0 Å². The van der Waals surface area contributed by atoms with E-state index >= 15 is 0 Å². The molecule has 5 heteroatoms. The minimum atomic E-state index is -0.598. The van der Waals surface area contributed by atoms with Crippen molar-refractivity contribution in [3.63, 3.8) is 0 Å². The van der Waals surface area contributed by atoms with Crippen LogP contribution in [0, 0.1) is 13.8 Å². The summed E-state index contributed by atoms with van der Waals surface area (Å²) in [5.41, 5.74) is 2.84. The van der Waals surface area contributed by atoms with Crippen LogP contribution in [0.1, 0.15) is 27.7 Å². The zero-order valence-corrected chi connectivity index (χ0v) is 13.1. The maximum absolute atomic E-state index is 12.2. The molecule has 0 saturated heterocycles. The average Bonchev–Trinajstić information content (AvgIpc) is 2.97. The zero-order valence-electron chi connectivity index (χ0n) is 12.3. The maximum Gasteiger partial charge on any atom is 0.261 e. The Bertz CT molecular complexity index is 650. The van der Waals surface area contributed by atoms with Crippen molar-refractivity contribution >= 4 is 28.8 Å². The van der Waals surface area contributed by atoms with E-state index in [1.54, 1.807) is 19.1 Å². The molecule has 0 saturated carbocycles. The SMILES string of the molecule is Cc1ccc(C)c(NC(=O)[C@@H](C)NC(=O)c2cccs2)c1. The molecular weight excluding hydrogens is 284 g/mol. The number of hydrogen-bond acceptors (Lipinski definition) is 3. The Morgan fingerprint density at radius 2 is 1.95 bits per heavy atom. The van der Waals surface area contributed by atoms with Crippen LogP contribution in [-0.4, -0.2) is 17.9 Å². The molecule has 0 unspecified atom stereocenters. The Kier molecular flexibility index (Phi) is 4.75. The molecule has 2 amide bonds. The van der Waals surface area contributed by atoms with E-state index in [2.05, 4.69) is 10.6 Å². The van der Waals surface area contributed by atoms with E-state index in [-0.39, 0.29) is 11.8 Å². The zero-order chi connectivity index (χ0) is 15.4. The van der Waals surface area contributed by atoms with Crippen LogP contribution in [0.3, 0.4) is 0 Å². The van der Waals surface area contributed by atoms with Gasteiger partial charge in [0.2, 0.25) is 5.91 Å². The molecule has 0 aliphatic carbocycles. The normalized spacial score (nSPS) is 11.8. The van der Waals surface area contributed by atoms with Crippen molar-refractivity contribution in [1.29, 1.82) is 0 Å². The van der Waals surface area contributed by atoms with E-state index in [0.29, 0.717) is 4.88 Å². The molecule has 0 spiro atoms. The molecule has 0 aliphatic heterocycles. The van der Waals surface area contributed by atoms with Crippen LogP contribution in [0.5, 0.6) is 0 Å². The van der Waals surface area contributed by atoms with Crippen LogP contribution in [0.2, 0.25) is 0 Å². The van der Waals surface area contributed by atoms with E-state index in [1.165, 1.54) is 11.3 Å². The van der Waals surface area contributed by atoms with E-state index in [4.69, 9.17) is 0 Å². The minimum Gasteiger partial charge on any atom is -0.340 e. The molecule has 0 radical (unpaired) electrons. The molecular formula is C16H18N2O2S. The number of carbonyl (C=O) groups is 2. The number of thiophene rings is 1. The molecule has 0 fully saturated rings. The summed E-state index contributed by atoms with van der Waals surface area (Å²) in [5.74, 6) is -0.456. The summed E-state index contributed by atoms with van der Waals surface area (Å²) in [6, 6.07) is 8.81. The lowest BCUT2D eigenvalue weighted by atomic mass is 10.1. The van der Waals surface area contributed by atoms with E-state index in [0.717, 1.165) is 16.8 Å². The first kappa shape index (κ1) is 15.3. The molecule has 21 heavy (non-hydrogen) atoms. The van der Waals surface area contributed by atoms with Gasteiger partial charge in [0.05, 0.1) is 4.88 Å². The summed E-state index contributed by atoms with van der Waals surface area (Å²) in [4.78, 5) is 24.7.